The van der Waals surface area contributed by atoms with Crippen molar-refractivity contribution in [2.24, 2.45) is 0 Å². The summed E-state index contributed by atoms with van der Waals surface area (Å²) >= 11 is 0. The number of phosphoric ester groups is 1. The monoisotopic (exact) mass is 231 g/mol. The summed E-state index contributed by atoms with van der Waals surface area (Å²) in [5.74, 6) is 0. The number of hydrogen-bond acceptors (Lipinski definition) is 7. The third kappa shape index (κ3) is 8.51. The quantitative estimate of drug-likeness (QED) is 0.172. The summed E-state index contributed by atoms with van der Waals surface area (Å²) in [4.78, 5) is 16.6. The van der Waals surface area contributed by atoms with Crippen molar-refractivity contribution in [2.45, 2.75) is 6.29 Å². The van der Waals surface area contributed by atoms with Gasteiger partial charge in [-0.3, -0.25) is 20.5 Å². The van der Waals surface area contributed by atoms with Crippen LogP contribution in [0.3, 0.4) is 0 Å². The molecule has 0 rings (SSSR count). The molecule has 86 valence electrons. The Balaban J connectivity index is 3.65. The average Bonchev–Trinajstić information content (AvgIpc) is 2.02. The van der Waals surface area contributed by atoms with Gasteiger partial charge in [0, 0.05) is 0 Å². The molecule has 0 fully saturated rings. The highest BCUT2D eigenvalue weighted by molar-refractivity contribution is 7.46. The number of hydrogen-bond donors (Lipinski definition) is 7. The van der Waals surface area contributed by atoms with Crippen molar-refractivity contribution in [1.29, 1.82) is 0 Å². The first-order chi connectivity index (χ1) is 6.49. The van der Waals surface area contributed by atoms with Gasteiger partial charge in [0.2, 0.25) is 0 Å². The number of aliphatic hydroxyl groups excluding tert-OH is 2. The number of nitrogens with one attached hydrogen (secondary N) is 3. The van der Waals surface area contributed by atoms with Gasteiger partial charge < -0.3 is 20.0 Å². The molecule has 9 nitrogen and oxygen atoms in total. The summed E-state index contributed by atoms with van der Waals surface area (Å²) < 4.78 is 14.3. The van der Waals surface area contributed by atoms with Gasteiger partial charge >= 0.3 is 7.82 Å². The SMILES string of the molecule is O=P(O)(O)OCNC(NCO)NCO. The molecule has 0 radical (unpaired) electrons. The van der Waals surface area contributed by atoms with E-state index in [1.54, 1.807) is 0 Å². The normalized spacial score (nSPS) is 12.4. The summed E-state index contributed by atoms with van der Waals surface area (Å²) in [5.41, 5.74) is 0. The van der Waals surface area contributed by atoms with Crippen LogP contribution in [-0.2, 0) is 9.09 Å². The van der Waals surface area contributed by atoms with E-state index in [4.69, 9.17) is 20.0 Å². The molecule has 10 heteroatoms. The van der Waals surface area contributed by atoms with Crippen LogP contribution in [0.25, 0.3) is 0 Å². The molecule has 0 unspecified atom stereocenters. The van der Waals surface area contributed by atoms with E-state index in [1.807, 2.05) is 0 Å². The Morgan fingerprint density at radius 1 is 1.14 bits per heavy atom. The van der Waals surface area contributed by atoms with E-state index in [-0.39, 0.29) is 13.5 Å². The lowest BCUT2D eigenvalue weighted by Gasteiger charge is -2.19. The van der Waals surface area contributed by atoms with Gasteiger partial charge in [-0.25, -0.2) is 4.57 Å². The van der Waals surface area contributed by atoms with Gasteiger partial charge in [0.15, 0.2) is 0 Å². The van der Waals surface area contributed by atoms with Gasteiger partial charge in [-0.15, -0.1) is 0 Å². The lowest BCUT2D eigenvalue weighted by atomic mass is 10.7. The maximum absolute atomic E-state index is 10.2. The van der Waals surface area contributed by atoms with Crippen LogP contribution < -0.4 is 16.0 Å². The van der Waals surface area contributed by atoms with E-state index in [2.05, 4.69) is 20.5 Å². The first-order valence-corrected chi connectivity index (χ1v) is 5.14. The van der Waals surface area contributed by atoms with Crippen LogP contribution in [0.1, 0.15) is 0 Å². The van der Waals surface area contributed by atoms with Crippen molar-refractivity contribution in [3.63, 3.8) is 0 Å². The highest BCUT2D eigenvalue weighted by Gasteiger charge is 2.14. The molecule has 0 saturated heterocycles. The lowest BCUT2D eigenvalue weighted by molar-refractivity contribution is 0.131. The van der Waals surface area contributed by atoms with Crippen LogP contribution in [0.15, 0.2) is 0 Å². The number of aliphatic hydroxyl groups is 2. The maximum Gasteiger partial charge on any atom is 0.470 e. The van der Waals surface area contributed by atoms with Crippen LogP contribution in [0.5, 0.6) is 0 Å². The predicted molar refractivity (Wildman–Crippen MR) is 45.4 cm³/mol. The molecule has 0 aliphatic carbocycles. The standard InChI is InChI=1S/C4H14N3O6P/c8-1-5-4(6-2-9)7-3-13-14(10,11)12/h4-9H,1-3H2,(H2,10,11,12). The highest BCUT2D eigenvalue weighted by atomic mass is 31.2. The van der Waals surface area contributed by atoms with Crippen LogP contribution in [-0.4, -0.2) is 46.5 Å². The Morgan fingerprint density at radius 3 is 2.00 bits per heavy atom. The predicted octanol–water partition coefficient (Wildman–Crippen LogP) is -2.99. The summed E-state index contributed by atoms with van der Waals surface area (Å²) in [6.45, 7) is -1.18. The Kier molecular flexibility index (Phi) is 7.19. The first-order valence-electron chi connectivity index (χ1n) is 3.61. The second kappa shape index (κ2) is 7.23. The Hall–Kier alpha value is -0.0900. The summed E-state index contributed by atoms with van der Waals surface area (Å²) in [7, 11) is -4.50. The van der Waals surface area contributed by atoms with Crippen LogP contribution >= 0.6 is 7.82 Å². The van der Waals surface area contributed by atoms with Crippen molar-refractivity contribution in [2.75, 3.05) is 20.2 Å². The first kappa shape index (κ1) is 13.9. The molecule has 0 spiro atoms. The summed E-state index contributed by atoms with van der Waals surface area (Å²) in [5, 5.41) is 24.2. The van der Waals surface area contributed by atoms with Crippen LogP contribution in [0.2, 0.25) is 0 Å². The molecule has 0 saturated carbocycles. The van der Waals surface area contributed by atoms with E-state index >= 15 is 0 Å². The van der Waals surface area contributed by atoms with Gasteiger partial charge in [0.25, 0.3) is 0 Å². The third-order valence-corrected chi connectivity index (χ3v) is 1.58. The fourth-order valence-electron chi connectivity index (χ4n) is 0.604. The summed E-state index contributed by atoms with van der Waals surface area (Å²) in [6, 6.07) is 0. The topological polar surface area (TPSA) is 143 Å². The van der Waals surface area contributed by atoms with E-state index < -0.39 is 20.8 Å². The van der Waals surface area contributed by atoms with Crippen molar-refractivity contribution in [3.05, 3.63) is 0 Å². The van der Waals surface area contributed by atoms with Crippen LogP contribution in [0, 0.1) is 0 Å². The Morgan fingerprint density at radius 2 is 1.64 bits per heavy atom. The maximum atomic E-state index is 10.2. The fraction of sp³-hybridized carbons (Fsp3) is 1.00. The molecule has 0 aromatic carbocycles. The average molecular weight is 231 g/mol. The smallest absolute Gasteiger partial charge is 0.381 e. The zero-order chi connectivity index (χ0) is 11.0. The molecule has 14 heavy (non-hydrogen) atoms. The second-order valence-electron chi connectivity index (χ2n) is 2.13. The molecular formula is C4H14N3O6P. The fourth-order valence-corrected chi connectivity index (χ4v) is 0.846. The summed E-state index contributed by atoms with van der Waals surface area (Å²) in [6.07, 6.45) is -0.712. The minimum atomic E-state index is -4.50. The number of rotatable bonds is 8. The van der Waals surface area contributed by atoms with Crippen molar-refractivity contribution < 1.29 is 29.1 Å². The molecule has 0 aromatic rings. The van der Waals surface area contributed by atoms with Gasteiger partial charge in [0.05, 0.1) is 13.5 Å². The lowest BCUT2D eigenvalue weighted by Crippen LogP contribution is -2.53. The minimum absolute atomic E-state index is 0.374. The largest absolute Gasteiger partial charge is 0.470 e. The van der Waals surface area contributed by atoms with Crippen molar-refractivity contribution in [3.8, 4) is 0 Å². The van der Waals surface area contributed by atoms with Gasteiger partial charge in [-0.05, 0) is 0 Å². The zero-order valence-corrected chi connectivity index (χ0v) is 8.15. The van der Waals surface area contributed by atoms with E-state index in [0.29, 0.717) is 0 Å². The third-order valence-electron chi connectivity index (χ3n) is 1.11. The highest BCUT2D eigenvalue weighted by Crippen LogP contribution is 2.34. The van der Waals surface area contributed by atoms with E-state index in [1.165, 1.54) is 0 Å². The molecule has 0 atom stereocenters. The van der Waals surface area contributed by atoms with Gasteiger partial charge in [-0.2, -0.15) is 0 Å². The molecule has 0 bridgehead atoms. The minimum Gasteiger partial charge on any atom is -0.381 e. The Labute approximate surface area is 80.3 Å². The zero-order valence-electron chi connectivity index (χ0n) is 7.25. The molecule has 0 aliphatic rings. The van der Waals surface area contributed by atoms with Crippen molar-refractivity contribution in [1.82, 2.24) is 16.0 Å². The molecule has 0 aliphatic heterocycles. The molecule has 0 heterocycles. The number of phosphoric acid groups is 1. The molecule has 0 amide bonds. The van der Waals surface area contributed by atoms with Crippen molar-refractivity contribution >= 4 is 7.82 Å². The molecule has 0 aromatic heterocycles. The molecular weight excluding hydrogens is 217 g/mol. The molecule has 7 N–H and O–H groups in total. The Bertz CT molecular complexity index is 180. The van der Waals surface area contributed by atoms with Gasteiger partial charge in [-0.1, -0.05) is 0 Å². The van der Waals surface area contributed by atoms with E-state index in [0.717, 1.165) is 0 Å². The van der Waals surface area contributed by atoms with Gasteiger partial charge in [0.1, 0.15) is 13.0 Å². The second-order valence-corrected chi connectivity index (χ2v) is 3.36. The van der Waals surface area contributed by atoms with E-state index in [9.17, 15) is 4.57 Å². The van der Waals surface area contributed by atoms with Crippen LogP contribution in [0.4, 0.5) is 0 Å².